The van der Waals surface area contributed by atoms with Crippen LogP contribution in [-0.2, 0) is 4.79 Å². The van der Waals surface area contributed by atoms with Crippen LogP contribution in [0.1, 0.15) is 32.1 Å². The molecule has 1 amide bonds. The number of benzene rings is 2. The molecule has 0 aliphatic carbocycles. The van der Waals surface area contributed by atoms with Crippen molar-refractivity contribution in [1.82, 2.24) is 5.32 Å². The molecule has 0 saturated heterocycles. The van der Waals surface area contributed by atoms with Crippen LogP contribution in [0.2, 0.25) is 0 Å². The maximum Gasteiger partial charge on any atom is 0.220 e. The van der Waals surface area contributed by atoms with Gasteiger partial charge in [-0.2, -0.15) is 0 Å². The lowest BCUT2D eigenvalue weighted by Gasteiger charge is -2.08. The number of hydrogen-bond acceptors (Lipinski definition) is 3. The van der Waals surface area contributed by atoms with Crippen LogP contribution in [0.4, 0.5) is 0 Å². The van der Waals surface area contributed by atoms with Gasteiger partial charge in [0.25, 0.3) is 0 Å². The van der Waals surface area contributed by atoms with E-state index in [2.05, 4.69) is 17.4 Å². The van der Waals surface area contributed by atoms with Gasteiger partial charge in [0.2, 0.25) is 5.91 Å². The molecule has 0 aliphatic rings. The normalized spacial score (nSPS) is 10.7. The minimum Gasteiger partial charge on any atom is -0.492 e. The first kappa shape index (κ1) is 17.3. The molecule has 3 N–H and O–H groups in total. The molecule has 0 aromatic heterocycles. The van der Waals surface area contributed by atoms with Crippen molar-refractivity contribution in [2.24, 2.45) is 5.73 Å². The summed E-state index contributed by atoms with van der Waals surface area (Å²) in [6, 6.07) is 14.2. The molecule has 0 saturated carbocycles. The Labute approximate surface area is 138 Å². The van der Waals surface area contributed by atoms with Crippen LogP contribution in [0.25, 0.3) is 10.8 Å². The first-order valence-corrected chi connectivity index (χ1v) is 8.38. The minimum atomic E-state index is 0.0971. The predicted molar refractivity (Wildman–Crippen MR) is 94.6 cm³/mol. The van der Waals surface area contributed by atoms with Crippen LogP contribution in [0.5, 0.6) is 5.75 Å². The highest BCUT2D eigenvalue weighted by Crippen LogP contribution is 2.20. The van der Waals surface area contributed by atoms with Gasteiger partial charge < -0.3 is 15.8 Å². The van der Waals surface area contributed by atoms with Crippen LogP contribution in [0.15, 0.2) is 42.5 Å². The van der Waals surface area contributed by atoms with Crippen LogP contribution in [-0.4, -0.2) is 25.6 Å². The highest BCUT2D eigenvalue weighted by atomic mass is 16.5. The number of unbranched alkanes of at least 4 members (excludes halogenated alkanes) is 3. The Kier molecular flexibility index (Phi) is 7.40. The molecule has 4 nitrogen and oxygen atoms in total. The van der Waals surface area contributed by atoms with Crippen LogP contribution in [0, 0.1) is 0 Å². The molecule has 2 rings (SSSR count). The molecule has 0 heterocycles. The molecule has 0 spiro atoms. The zero-order chi connectivity index (χ0) is 16.3. The van der Waals surface area contributed by atoms with Crippen molar-refractivity contribution in [1.29, 1.82) is 0 Å². The quantitative estimate of drug-likeness (QED) is 0.662. The predicted octanol–water partition coefficient (Wildman–Crippen LogP) is 3.24. The molecule has 0 atom stereocenters. The van der Waals surface area contributed by atoms with Gasteiger partial charge in [0.15, 0.2) is 0 Å². The molecule has 2 aromatic carbocycles. The summed E-state index contributed by atoms with van der Waals surface area (Å²) in [6.45, 7) is 1.75. The highest BCUT2D eigenvalue weighted by Gasteiger charge is 2.01. The Hall–Kier alpha value is -2.07. The van der Waals surface area contributed by atoms with Gasteiger partial charge >= 0.3 is 0 Å². The van der Waals surface area contributed by atoms with Gasteiger partial charge in [-0.3, -0.25) is 4.79 Å². The van der Waals surface area contributed by atoms with Crippen LogP contribution in [0.3, 0.4) is 0 Å². The molecule has 0 radical (unpaired) electrons. The Bertz CT molecular complexity index is 613. The fourth-order valence-corrected chi connectivity index (χ4v) is 2.49. The first-order chi connectivity index (χ1) is 11.3. The third-order valence-corrected chi connectivity index (χ3v) is 3.77. The molecule has 0 fully saturated rings. The van der Waals surface area contributed by atoms with Gasteiger partial charge in [-0.05, 0) is 42.3 Å². The highest BCUT2D eigenvalue weighted by molar-refractivity contribution is 5.83. The summed E-state index contributed by atoms with van der Waals surface area (Å²) in [4.78, 5) is 11.7. The Morgan fingerprint density at radius 1 is 1.00 bits per heavy atom. The molecular formula is C19H26N2O2. The fraction of sp³-hybridized carbons (Fsp3) is 0.421. The maximum absolute atomic E-state index is 11.7. The minimum absolute atomic E-state index is 0.0971. The van der Waals surface area contributed by atoms with E-state index in [1.807, 2.05) is 30.3 Å². The third kappa shape index (κ3) is 6.28. The smallest absolute Gasteiger partial charge is 0.220 e. The number of fused-ring (bicyclic) bond motifs is 1. The van der Waals surface area contributed by atoms with Crippen molar-refractivity contribution in [3.8, 4) is 5.75 Å². The van der Waals surface area contributed by atoms with Crippen molar-refractivity contribution < 1.29 is 9.53 Å². The zero-order valence-electron chi connectivity index (χ0n) is 13.6. The van der Waals surface area contributed by atoms with Gasteiger partial charge in [0.1, 0.15) is 12.4 Å². The number of hydrogen-bond donors (Lipinski definition) is 2. The van der Waals surface area contributed by atoms with E-state index in [4.69, 9.17) is 10.5 Å². The fourth-order valence-electron chi connectivity index (χ4n) is 2.49. The standard InChI is InChI=1S/C19H26N2O2/c20-12-6-2-1-3-9-19(22)21-13-14-23-18-11-10-16-7-4-5-8-17(16)15-18/h4-5,7-8,10-11,15H,1-3,6,9,12-14,20H2,(H,21,22). The zero-order valence-corrected chi connectivity index (χ0v) is 13.6. The summed E-state index contributed by atoms with van der Waals surface area (Å²) >= 11 is 0. The number of ether oxygens (including phenoxy) is 1. The molecule has 2 aromatic rings. The van der Waals surface area contributed by atoms with Gasteiger partial charge in [0.05, 0.1) is 6.54 Å². The summed E-state index contributed by atoms with van der Waals surface area (Å²) in [6.07, 6.45) is 4.73. The van der Waals surface area contributed by atoms with E-state index in [1.165, 1.54) is 5.39 Å². The largest absolute Gasteiger partial charge is 0.492 e. The lowest BCUT2D eigenvalue weighted by atomic mass is 10.1. The van der Waals surface area contributed by atoms with Crippen molar-refractivity contribution in [2.75, 3.05) is 19.7 Å². The molecule has 124 valence electrons. The number of nitrogens with one attached hydrogen (secondary N) is 1. The lowest BCUT2D eigenvalue weighted by molar-refractivity contribution is -0.121. The van der Waals surface area contributed by atoms with E-state index in [0.717, 1.165) is 43.4 Å². The Morgan fingerprint density at radius 3 is 2.61 bits per heavy atom. The van der Waals surface area contributed by atoms with E-state index in [1.54, 1.807) is 0 Å². The third-order valence-electron chi connectivity index (χ3n) is 3.77. The second-order valence-corrected chi connectivity index (χ2v) is 5.66. The van der Waals surface area contributed by atoms with E-state index >= 15 is 0 Å². The van der Waals surface area contributed by atoms with E-state index in [0.29, 0.717) is 19.6 Å². The summed E-state index contributed by atoms with van der Waals surface area (Å²) in [5, 5.41) is 5.25. The number of carbonyl (C=O) groups excluding carboxylic acids is 1. The first-order valence-electron chi connectivity index (χ1n) is 8.38. The molecule has 4 heteroatoms. The van der Waals surface area contributed by atoms with E-state index < -0.39 is 0 Å². The van der Waals surface area contributed by atoms with Crippen molar-refractivity contribution in [2.45, 2.75) is 32.1 Å². The molecule has 0 aliphatic heterocycles. The van der Waals surface area contributed by atoms with Crippen molar-refractivity contribution in [3.05, 3.63) is 42.5 Å². The second-order valence-electron chi connectivity index (χ2n) is 5.66. The van der Waals surface area contributed by atoms with Gasteiger partial charge in [0, 0.05) is 6.42 Å². The summed E-state index contributed by atoms with van der Waals surface area (Å²) in [5.74, 6) is 0.930. The van der Waals surface area contributed by atoms with Crippen molar-refractivity contribution >= 4 is 16.7 Å². The SMILES string of the molecule is NCCCCCCC(=O)NCCOc1ccc2ccccc2c1. The van der Waals surface area contributed by atoms with E-state index in [9.17, 15) is 4.79 Å². The summed E-state index contributed by atoms with van der Waals surface area (Å²) < 4.78 is 5.69. The Morgan fingerprint density at radius 2 is 1.78 bits per heavy atom. The average Bonchev–Trinajstić information content (AvgIpc) is 2.58. The van der Waals surface area contributed by atoms with Gasteiger partial charge in [-0.25, -0.2) is 0 Å². The van der Waals surface area contributed by atoms with Gasteiger partial charge in [-0.15, -0.1) is 0 Å². The second kappa shape index (κ2) is 9.85. The topological polar surface area (TPSA) is 64.4 Å². The Balaban J connectivity index is 1.61. The number of nitrogens with two attached hydrogens (primary N) is 1. The maximum atomic E-state index is 11.7. The monoisotopic (exact) mass is 314 g/mol. The number of carbonyl (C=O) groups is 1. The number of rotatable bonds is 10. The van der Waals surface area contributed by atoms with Crippen molar-refractivity contribution in [3.63, 3.8) is 0 Å². The lowest BCUT2D eigenvalue weighted by Crippen LogP contribution is -2.27. The van der Waals surface area contributed by atoms with Crippen LogP contribution >= 0.6 is 0 Å². The summed E-state index contributed by atoms with van der Waals surface area (Å²) in [7, 11) is 0. The molecule has 0 bridgehead atoms. The van der Waals surface area contributed by atoms with Crippen LogP contribution < -0.4 is 15.8 Å². The van der Waals surface area contributed by atoms with E-state index in [-0.39, 0.29) is 5.91 Å². The van der Waals surface area contributed by atoms with Gasteiger partial charge in [-0.1, -0.05) is 43.2 Å². The molecule has 0 unspecified atom stereocenters. The average molecular weight is 314 g/mol. The number of amides is 1. The molecule has 23 heavy (non-hydrogen) atoms. The molecular weight excluding hydrogens is 288 g/mol. The summed E-state index contributed by atoms with van der Waals surface area (Å²) in [5.41, 5.74) is 5.44.